The van der Waals surface area contributed by atoms with Crippen LogP contribution >= 0.6 is 0 Å². The summed E-state index contributed by atoms with van der Waals surface area (Å²) in [5, 5.41) is 37.8. The van der Waals surface area contributed by atoms with Gasteiger partial charge in [0.15, 0.2) is 0 Å². The number of carbonyl (C=O) groups excluding carboxylic acids is 1. The van der Waals surface area contributed by atoms with Crippen molar-refractivity contribution in [1.82, 2.24) is 9.80 Å². The zero-order valence-electron chi connectivity index (χ0n) is 28.8. The summed E-state index contributed by atoms with van der Waals surface area (Å²) in [6.45, 7) is 19.2. The van der Waals surface area contributed by atoms with Gasteiger partial charge in [-0.1, -0.05) is 85.0 Å². The van der Waals surface area contributed by atoms with Crippen LogP contribution in [0, 0.1) is 58.5 Å². The van der Waals surface area contributed by atoms with Crippen molar-refractivity contribution in [2.45, 2.75) is 19.8 Å². The minimum absolute atomic E-state index is 0.187. The van der Waals surface area contributed by atoms with E-state index in [4.69, 9.17) is 23.3 Å². The lowest BCUT2D eigenvalue weighted by atomic mass is 9.90. The summed E-state index contributed by atoms with van der Waals surface area (Å²) in [6, 6.07) is 24.6. The van der Waals surface area contributed by atoms with Gasteiger partial charge in [0.05, 0.1) is 41.5 Å². The van der Waals surface area contributed by atoms with Gasteiger partial charge >= 0.3 is 11.9 Å². The zero-order valence-corrected chi connectivity index (χ0v) is 28.8. The number of rotatable bonds is 11. The summed E-state index contributed by atoms with van der Waals surface area (Å²) >= 11 is 0. The number of hydrogen-bond donors (Lipinski definition) is 1. The molecule has 1 heterocycles. The van der Waals surface area contributed by atoms with Crippen molar-refractivity contribution in [3.63, 3.8) is 0 Å². The highest BCUT2D eigenvalue weighted by Gasteiger charge is 2.28. The van der Waals surface area contributed by atoms with E-state index >= 15 is 0 Å². The second-order valence-electron chi connectivity index (χ2n) is 11.5. The lowest BCUT2D eigenvalue weighted by molar-refractivity contribution is 0.0873. The van der Waals surface area contributed by atoms with E-state index in [-0.39, 0.29) is 28.6 Å². The minimum atomic E-state index is -0.895. The average molecular weight is 685 g/mol. The summed E-state index contributed by atoms with van der Waals surface area (Å²) in [5.41, 5.74) is 5.50. The number of nitrogens with zero attached hydrogens (tertiary/aromatic N) is 7. The molecule has 1 fully saturated rings. The maximum absolute atomic E-state index is 12.4. The number of benzene rings is 2. The molecule has 1 amide bonds. The molecule has 52 heavy (non-hydrogen) atoms. The van der Waals surface area contributed by atoms with Crippen LogP contribution < -0.4 is 0 Å². The smallest absolute Gasteiger partial charge is 0.450 e. The zero-order chi connectivity index (χ0) is 37.3. The Kier molecular flexibility index (Phi) is 13.8. The van der Waals surface area contributed by atoms with Crippen LogP contribution in [0.2, 0.25) is 0 Å². The Morgan fingerprint density at radius 3 is 2.15 bits per heavy atom. The van der Waals surface area contributed by atoms with E-state index in [2.05, 4.69) is 32.8 Å². The number of allylic oxidation sites excluding steroid dienone is 12. The van der Waals surface area contributed by atoms with E-state index in [1.165, 1.54) is 0 Å². The molecular formula is C42H36N8O2. The molecule has 2 aromatic carbocycles. The van der Waals surface area contributed by atoms with E-state index in [1.807, 2.05) is 48.6 Å². The summed E-state index contributed by atoms with van der Waals surface area (Å²) in [4.78, 5) is 23.1. The number of carbonyl (C=O) groups is 1. The Bertz CT molecular complexity index is 2080. The number of piperazine rings is 1. The van der Waals surface area contributed by atoms with Crippen LogP contribution in [0.25, 0.3) is 20.8 Å². The van der Waals surface area contributed by atoms with E-state index in [0.717, 1.165) is 23.1 Å². The van der Waals surface area contributed by atoms with Gasteiger partial charge in [-0.2, -0.15) is 25.5 Å². The van der Waals surface area contributed by atoms with Crippen LogP contribution in [0.1, 0.15) is 30.9 Å². The predicted molar refractivity (Wildman–Crippen MR) is 200 cm³/mol. The highest BCUT2D eigenvalue weighted by Crippen LogP contribution is 2.36. The van der Waals surface area contributed by atoms with Gasteiger partial charge in [-0.15, -0.1) is 0 Å². The number of nitriles is 3. The van der Waals surface area contributed by atoms with Gasteiger partial charge in [-0.3, -0.25) is 0 Å². The molecule has 0 aromatic heterocycles. The van der Waals surface area contributed by atoms with Crippen molar-refractivity contribution < 1.29 is 9.53 Å². The number of nitrogens with one attached hydrogen (secondary N) is 1. The van der Waals surface area contributed by atoms with Crippen molar-refractivity contribution in [2.75, 3.05) is 32.8 Å². The highest BCUT2D eigenvalue weighted by atomic mass is 16.6. The first kappa shape index (κ1) is 37.6. The molecule has 1 unspecified atom stereocenters. The van der Waals surface area contributed by atoms with E-state index in [1.54, 1.807) is 60.4 Å². The number of amides is 1. The first-order valence-corrected chi connectivity index (χ1v) is 16.6. The third kappa shape index (κ3) is 9.07. The van der Waals surface area contributed by atoms with E-state index < -0.39 is 5.92 Å². The SMILES string of the molecule is [C-]#[N+]C([N+]#[C-])=C(C(C#N)=CC=CC1=C(N2CCN(C(=O)OCC)CC2)C(=CC=CC(C#N)=C(c2ccccc2)C(C#N)C=N)CC1)c1ccccc1. The van der Waals surface area contributed by atoms with Crippen LogP contribution in [0.15, 0.2) is 131 Å². The van der Waals surface area contributed by atoms with Crippen LogP contribution in [0.4, 0.5) is 4.79 Å². The molecule has 1 atom stereocenters. The van der Waals surface area contributed by atoms with Gasteiger partial charge in [-0.25, -0.2) is 4.79 Å². The van der Waals surface area contributed by atoms with Crippen molar-refractivity contribution in [1.29, 1.82) is 21.2 Å². The van der Waals surface area contributed by atoms with Crippen LogP contribution in [0.3, 0.4) is 0 Å². The fraction of sp³-hybridized carbons (Fsp3) is 0.214. The van der Waals surface area contributed by atoms with E-state index in [0.29, 0.717) is 62.3 Å². The first-order chi connectivity index (χ1) is 25.4. The Labute approximate surface area is 304 Å². The Hall–Kier alpha value is -7.19. The molecule has 2 aliphatic rings. The molecule has 10 heteroatoms. The monoisotopic (exact) mass is 684 g/mol. The van der Waals surface area contributed by atoms with Crippen molar-refractivity contribution >= 4 is 23.5 Å². The molecule has 0 saturated carbocycles. The highest BCUT2D eigenvalue weighted by molar-refractivity contribution is 5.89. The van der Waals surface area contributed by atoms with Crippen molar-refractivity contribution in [3.05, 3.63) is 165 Å². The molecule has 0 bridgehead atoms. The second-order valence-corrected chi connectivity index (χ2v) is 11.5. The first-order valence-electron chi connectivity index (χ1n) is 16.6. The maximum atomic E-state index is 12.4. The van der Waals surface area contributed by atoms with Gasteiger partial charge in [0, 0.05) is 38.1 Å². The summed E-state index contributed by atoms with van der Waals surface area (Å²) in [6.07, 6.45) is 12.8. The lowest BCUT2D eigenvalue weighted by Crippen LogP contribution is -2.48. The molecule has 1 N–H and O–H groups in total. The predicted octanol–water partition coefficient (Wildman–Crippen LogP) is 8.27. The minimum Gasteiger partial charge on any atom is -0.450 e. The van der Waals surface area contributed by atoms with Gasteiger partial charge < -0.3 is 19.9 Å². The van der Waals surface area contributed by atoms with Crippen molar-refractivity contribution in [2.24, 2.45) is 5.92 Å². The molecule has 4 rings (SSSR count). The number of hydrogen-bond acceptors (Lipinski definition) is 7. The second kappa shape index (κ2) is 19.1. The van der Waals surface area contributed by atoms with Crippen LogP contribution in [-0.2, 0) is 4.74 Å². The number of ether oxygens (including phenoxy) is 1. The summed E-state index contributed by atoms with van der Waals surface area (Å²) in [5.74, 6) is -1.08. The molecular weight excluding hydrogens is 649 g/mol. The van der Waals surface area contributed by atoms with E-state index in [9.17, 15) is 20.6 Å². The molecule has 1 aliphatic heterocycles. The quantitative estimate of drug-likeness (QED) is 0.110. The average Bonchev–Trinajstić information content (AvgIpc) is 3.59. The van der Waals surface area contributed by atoms with Gasteiger partial charge in [0.25, 0.3) is 0 Å². The van der Waals surface area contributed by atoms with Crippen molar-refractivity contribution in [3.8, 4) is 18.2 Å². The molecule has 2 aromatic rings. The fourth-order valence-corrected chi connectivity index (χ4v) is 6.11. The summed E-state index contributed by atoms with van der Waals surface area (Å²) in [7, 11) is 0. The van der Waals surface area contributed by atoms with Gasteiger partial charge in [0.2, 0.25) is 0 Å². The van der Waals surface area contributed by atoms with Gasteiger partial charge in [-0.05, 0) is 59.8 Å². The van der Waals surface area contributed by atoms with Crippen LogP contribution in [-0.4, -0.2) is 54.9 Å². The third-order valence-electron chi connectivity index (χ3n) is 8.51. The Morgan fingerprint density at radius 1 is 0.942 bits per heavy atom. The molecule has 10 nitrogen and oxygen atoms in total. The molecule has 1 saturated heterocycles. The normalized spacial score (nSPS) is 16.3. The fourth-order valence-electron chi connectivity index (χ4n) is 6.11. The van der Waals surface area contributed by atoms with Gasteiger partial charge in [0.1, 0.15) is 19.1 Å². The topological polar surface area (TPSA) is 137 Å². The maximum Gasteiger partial charge on any atom is 0.528 e. The third-order valence-corrected chi connectivity index (χ3v) is 8.51. The molecule has 0 radical (unpaired) electrons. The molecule has 1 aliphatic carbocycles. The largest absolute Gasteiger partial charge is 0.528 e. The standard InChI is InChI=1S/C42H36N8O2/c1-4-52-42(51)50-25-23-49(24-26-50)40-33(17-11-19-35(27-43)38(37(29-45)30-46)31-13-7-5-8-14-31)21-22-34(40)18-12-20-36(28-44)39(41(47-2)48-3)32-15-9-6-10-16-32/h5-20,29,37,45H,4,21-26H2,1H3. The molecule has 0 spiro atoms. The molecule has 256 valence electrons. The summed E-state index contributed by atoms with van der Waals surface area (Å²) < 4.78 is 5.21. The van der Waals surface area contributed by atoms with Crippen LogP contribution in [0.5, 0.6) is 0 Å². The lowest BCUT2D eigenvalue weighted by Gasteiger charge is -2.37. The Balaban J connectivity index is 1.76. The Morgan fingerprint density at radius 2 is 1.60 bits per heavy atom.